The van der Waals surface area contributed by atoms with Crippen LogP contribution in [0.25, 0.3) is 0 Å². The van der Waals surface area contributed by atoms with Crippen LogP contribution >= 0.6 is 34.5 Å². The fourth-order valence-corrected chi connectivity index (χ4v) is 3.12. The number of benzene rings is 1. The van der Waals surface area contributed by atoms with E-state index in [1.165, 1.54) is 0 Å². The standard InChI is InChI=1S/C14H15Cl2NOS/c1-3-12(14-17-11(7-15)8-19-14)18-13-5-4-10(16)6-9(13)2/h4-6,8,12H,3,7H2,1-2H3. The van der Waals surface area contributed by atoms with Gasteiger partial charge in [-0.25, -0.2) is 4.98 Å². The van der Waals surface area contributed by atoms with Gasteiger partial charge in [-0.15, -0.1) is 22.9 Å². The van der Waals surface area contributed by atoms with E-state index < -0.39 is 0 Å². The average molecular weight is 316 g/mol. The summed E-state index contributed by atoms with van der Waals surface area (Å²) in [4.78, 5) is 4.48. The molecule has 2 nitrogen and oxygen atoms in total. The summed E-state index contributed by atoms with van der Waals surface area (Å²) in [7, 11) is 0. The number of alkyl halides is 1. The molecule has 0 spiro atoms. The number of aromatic nitrogens is 1. The molecule has 1 aromatic carbocycles. The van der Waals surface area contributed by atoms with Crippen LogP contribution in [0.2, 0.25) is 5.02 Å². The number of hydrogen-bond donors (Lipinski definition) is 0. The van der Waals surface area contributed by atoms with Crippen LogP contribution in [0.3, 0.4) is 0 Å². The highest BCUT2D eigenvalue weighted by Gasteiger charge is 2.16. The van der Waals surface area contributed by atoms with Crippen molar-refractivity contribution in [3.05, 3.63) is 44.9 Å². The van der Waals surface area contributed by atoms with Crippen molar-refractivity contribution in [1.82, 2.24) is 4.98 Å². The van der Waals surface area contributed by atoms with Gasteiger partial charge < -0.3 is 4.74 Å². The summed E-state index contributed by atoms with van der Waals surface area (Å²) in [6, 6.07) is 5.63. The van der Waals surface area contributed by atoms with Crippen molar-refractivity contribution in [3.63, 3.8) is 0 Å². The minimum absolute atomic E-state index is 0.0400. The third-order valence-corrected chi connectivity index (χ3v) is 4.25. The molecular weight excluding hydrogens is 301 g/mol. The highest BCUT2D eigenvalue weighted by Crippen LogP contribution is 2.30. The molecule has 2 aromatic rings. The molecule has 1 aromatic heterocycles. The summed E-state index contributed by atoms with van der Waals surface area (Å²) in [5, 5.41) is 3.66. The Morgan fingerprint density at radius 3 is 2.79 bits per heavy atom. The lowest BCUT2D eigenvalue weighted by molar-refractivity contribution is 0.199. The van der Waals surface area contributed by atoms with Crippen LogP contribution in [-0.2, 0) is 5.88 Å². The zero-order chi connectivity index (χ0) is 13.8. The predicted octanol–water partition coefficient (Wildman–Crippen LogP) is 5.37. The van der Waals surface area contributed by atoms with Crippen LogP contribution in [0.4, 0.5) is 0 Å². The largest absolute Gasteiger partial charge is 0.483 e. The van der Waals surface area contributed by atoms with Gasteiger partial charge in [0.15, 0.2) is 0 Å². The van der Waals surface area contributed by atoms with Gasteiger partial charge in [0.1, 0.15) is 16.9 Å². The number of halogens is 2. The SMILES string of the molecule is CCC(Oc1ccc(Cl)cc1C)c1nc(CCl)cs1. The van der Waals surface area contributed by atoms with Crippen molar-refractivity contribution in [2.45, 2.75) is 32.3 Å². The zero-order valence-corrected chi connectivity index (χ0v) is 13.1. The Hall–Kier alpha value is -0.770. The predicted molar refractivity (Wildman–Crippen MR) is 81.5 cm³/mol. The minimum Gasteiger partial charge on any atom is -0.483 e. The summed E-state index contributed by atoms with van der Waals surface area (Å²) >= 11 is 13.3. The van der Waals surface area contributed by atoms with E-state index in [0.29, 0.717) is 5.88 Å². The number of ether oxygens (including phenoxy) is 1. The van der Waals surface area contributed by atoms with Crippen molar-refractivity contribution >= 4 is 34.5 Å². The van der Waals surface area contributed by atoms with Crippen molar-refractivity contribution in [3.8, 4) is 5.75 Å². The molecule has 1 heterocycles. The van der Waals surface area contributed by atoms with E-state index in [4.69, 9.17) is 27.9 Å². The summed E-state index contributed by atoms with van der Waals surface area (Å²) < 4.78 is 6.04. The van der Waals surface area contributed by atoms with Gasteiger partial charge in [0.25, 0.3) is 0 Å². The molecular formula is C14H15Cl2NOS. The van der Waals surface area contributed by atoms with E-state index in [1.54, 1.807) is 11.3 Å². The molecule has 102 valence electrons. The zero-order valence-electron chi connectivity index (χ0n) is 10.8. The molecule has 0 aliphatic heterocycles. The van der Waals surface area contributed by atoms with Gasteiger partial charge in [-0.2, -0.15) is 0 Å². The Bertz CT molecular complexity index is 556. The molecule has 2 rings (SSSR count). The van der Waals surface area contributed by atoms with Crippen molar-refractivity contribution in [2.75, 3.05) is 0 Å². The average Bonchev–Trinajstić information content (AvgIpc) is 2.86. The van der Waals surface area contributed by atoms with Crippen LogP contribution in [0, 0.1) is 6.92 Å². The smallest absolute Gasteiger partial charge is 0.150 e. The first-order valence-electron chi connectivity index (χ1n) is 6.07. The molecule has 0 saturated carbocycles. The Morgan fingerprint density at radius 1 is 1.42 bits per heavy atom. The van der Waals surface area contributed by atoms with Gasteiger partial charge in [0, 0.05) is 10.4 Å². The second-order valence-electron chi connectivity index (χ2n) is 4.24. The molecule has 1 unspecified atom stereocenters. The lowest BCUT2D eigenvalue weighted by atomic mass is 10.2. The molecule has 0 aliphatic carbocycles. The van der Waals surface area contributed by atoms with Gasteiger partial charge >= 0.3 is 0 Å². The van der Waals surface area contributed by atoms with Crippen molar-refractivity contribution in [2.24, 2.45) is 0 Å². The third kappa shape index (κ3) is 3.62. The molecule has 0 radical (unpaired) electrons. The van der Waals surface area contributed by atoms with E-state index in [2.05, 4.69) is 11.9 Å². The van der Waals surface area contributed by atoms with Gasteiger partial charge in [0.2, 0.25) is 0 Å². The van der Waals surface area contributed by atoms with Crippen LogP contribution in [0.15, 0.2) is 23.6 Å². The van der Waals surface area contributed by atoms with Crippen LogP contribution in [-0.4, -0.2) is 4.98 Å². The molecule has 0 bridgehead atoms. The molecule has 0 amide bonds. The second kappa shape index (κ2) is 6.60. The van der Waals surface area contributed by atoms with E-state index in [1.807, 2.05) is 30.5 Å². The first-order valence-corrected chi connectivity index (χ1v) is 7.86. The number of rotatable bonds is 5. The second-order valence-corrected chi connectivity index (χ2v) is 5.83. The summed E-state index contributed by atoms with van der Waals surface area (Å²) in [5.74, 6) is 1.28. The van der Waals surface area contributed by atoms with Gasteiger partial charge in [-0.05, 0) is 37.1 Å². The molecule has 19 heavy (non-hydrogen) atoms. The van der Waals surface area contributed by atoms with Gasteiger partial charge in [-0.1, -0.05) is 18.5 Å². The van der Waals surface area contributed by atoms with E-state index in [9.17, 15) is 0 Å². The lowest BCUT2D eigenvalue weighted by Gasteiger charge is -2.17. The molecule has 1 atom stereocenters. The van der Waals surface area contributed by atoms with E-state index >= 15 is 0 Å². The molecule has 0 saturated heterocycles. The first-order chi connectivity index (χ1) is 9.13. The fraction of sp³-hybridized carbons (Fsp3) is 0.357. The maximum absolute atomic E-state index is 6.04. The summed E-state index contributed by atoms with van der Waals surface area (Å²) in [6.45, 7) is 4.07. The fourth-order valence-electron chi connectivity index (χ4n) is 1.74. The van der Waals surface area contributed by atoms with E-state index in [-0.39, 0.29) is 6.10 Å². The number of aryl methyl sites for hydroxylation is 1. The molecule has 5 heteroatoms. The highest BCUT2D eigenvalue weighted by molar-refractivity contribution is 7.09. The van der Waals surface area contributed by atoms with Crippen LogP contribution in [0.5, 0.6) is 5.75 Å². The summed E-state index contributed by atoms with van der Waals surface area (Å²) in [5.41, 5.74) is 1.93. The topological polar surface area (TPSA) is 22.1 Å². The third-order valence-electron chi connectivity index (χ3n) is 2.76. The Balaban J connectivity index is 2.18. The normalized spacial score (nSPS) is 12.4. The molecule has 0 fully saturated rings. The Morgan fingerprint density at radius 2 is 2.21 bits per heavy atom. The van der Waals surface area contributed by atoms with E-state index in [0.717, 1.165) is 33.5 Å². The Kier molecular flexibility index (Phi) is 5.08. The monoisotopic (exact) mass is 315 g/mol. The minimum atomic E-state index is -0.0400. The van der Waals surface area contributed by atoms with Crippen LogP contribution in [0.1, 0.15) is 35.7 Å². The number of thiazole rings is 1. The highest BCUT2D eigenvalue weighted by atomic mass is 35.5. The molecule has 0 N–H and O–H groups in total. The first kappa shape index (κ1) is 14.6. The quantitative estimate of drug-likeness (QED) is 0.691. The van der Waals surface area contributed by atoms with Crippen molar-refractivity contribution < 1.29 is 4.74 Å². The van der Waals surface area contributed by atoms with Gasteiger partial charge in [0.05, 0.1) is 11.6 Å². The Labute approximate surface area is 127 Å². The lowest BCUT2D eigenvalue weighted by Crippen LogP contribution is -2.07. The number of nitrogens with zero attached hydrogens (tertiary/aromatic N) is 1. The molecule has 0 aliphatic rings. The van der Waals surface area contributed by atoms with Gasteiger partial charge in [-0.3, -0.25) is 0 Å². The maximum atomic E-state index is 6.04. The maximum Gasteiger partial charge on any atom is 0.150 e. The number of hydrogen-bond acceptors (Lipinski definition) is 3. The van der Waals surface area contributed by atoms with Crippen molar-refractivity contribution in [1.29, 1.82) is 0 Å². The summed E-state index contributed by atoms with van der Waals surface area (Å²) in [6.07, 6.45) is 0.818. The van der Waals surface area contributed by atoms with Crippen LogP contribution < -0.4 is 4.74 Å².